The van der Waals surface area contributed by atoms with E-state index in [-0.39, 0.29) is 25.4 Å². The van der Waals surface area contributed by atoms with E-state index in [9.17, 15) is 19.5 Å². The molecule has 0 aromatic heterocycles. The highest BCUT2D eigenvalue weighted by atomic mass is 16.5. The number of carboxylic acid groups (broad SMARTS) is 1. The SMILES string of the molecule is C=CC[C@](C(=O)NC(CCc1ccccc1)C(=O)O)(C(=O)OCc1ccccc1)[C@@H](C)CC. The monoisotopic (exact) mass is 451 g/mol. The van der Waals surface area contributed by atoms with Crippen LogP contribution in [0.5, 0.6) is 0 Å². The van der Waals surface area contributed by atoms with Gasteiger partial charge in [-0.3, -0.25) is 9.59 Å². The van der Waals surface area contributed by atoms with Gasteiger partial charge in [-0.25, -0.2) is 4.79 Å². The van der Waals surface area contributed by atoms with Crippen LogP contribution in [0.15, 0.2) is 73.3 Å². The van der Waals surface area contributed by atoms with Crippen LogP contribution in [-0.2, 0) is 32.1 Å². The predicted octanol–water partition coefficient (Wildman–Crippen LogP) is 4.54. The van der Waals surface area contributed by atoms with Crippen LogP contribution >= 0.6 is 0 Å². The largest absolute Gasteiger partial charge is 0.480 e. The van der Waals surface area contributed by atoms with Crippen LogP contribution in [0.1, 0.15) is 44.2 Å². The highest BCUT2D eigenvalue weighted by molar-refractivity contribution is 6.04. The third-order valence-corrected chi connectivity index (χ3v) is 6.07. The summed E-state index contributed by atoms with van der Waals surface area (Å²) in [5.74, 6) is -2.85. The Bertz CT molecular complexity index is 928. The first-order valence-electron chi connectivity index (χ1n) is 11.2. The van der Waals surface area contributed by atoms with E-state index in [1.165, 1.54) is 6.08 Å². The fourth-order valence-electron chi connectivity index (χ4n) is 3.82. The second-order valence-corrected chi connectivity index (χ2v) is 8.22. The quantitative estimate of drug-likeness (QED) is 0.265. The van der Waals surface area contributed by atoms with E-state index < -0.39 is 29.3 Å². The molecule has 1 amide bonds. The Labute approximate surface area is 195 Å². The molecule has 0 heterocycles. The maximum atomic E-state index is 13.5. The van der Waals surface area contributed by atoms with Gasteiger partial charge >= 0.3 is 11.9 Å². The highest BCUT2D eigenvalue weighted by Crippen LogP contribution is 2.37. The maximum Gasteiger partial charge on any atom is 0.326 e. The van der Waals surface area contributed by atoms with E-state index in [2.05, 4.69) is 11.9 Å². The van der Waals surface area contributed by atoms with Crippen molar-refractivity contribution in [3.8, 4) is 0 Å². The van der Waals surface area contributed by atoms with Gasteiger partial charge < -0.3 is 15.2 Å². The molecule has 2 rings (SSSR count). The zero-order valence-corrected chi connectivity index (χ0v) is 19.3. The summed E-state index contributed by atoms with van der Waals surface area (Å²) in [5, 5.41) is 12.4. The van der Waals surface area contributed by atoms with Crippen molar-refractivity contribution < 1.29 is 24.2 Å². The lowest BCUT2D eigenvalue weighted by Crippen LogP contribution is -2.55. The fourth-order valence-corrected chi connectivity index (χ4v) is 3.82. The van der Waals surface area contributed by atoms with Gasteiger partial charge in [-0.15, -0.1) is 6.58 Å². The van der Waals surface area contributed by atoms with E-state index >= 15 is 0 Å². The average Bonchev–Trinajstić information content (AvgIpc) is 2.84. The van der Waals surface area contributed by atoms with Crippen LogP contribution in [0.25, 0.3) is 0 Å². The van der Waals surface area contributed by atoms with Gasteiger partial charge in [0.05, 0.1) is 0 Å². The van der Waals surface area contributed by atoms with Crippen molar-refractivity contribution in [3.63, 3.8) is 0 Å². The number of ether oxygens (including phenoxy) is 1. The normalized spacial score (nSPS) is 14.4. The minimum absolute atomic E-state index is 0.0264. The molecule has 0 radical (unpaired) electrons. The molecule has 1 unspecified atom stereocenters. The molecule has 2 N–H and O–H groups in total. The number of aryl methyl sites for hydroxylation is 1. The minimum atomic E-state index is -1.56. The average molecular weight is 452 g/mol. The molecule has 0 aliphatic rings. The fraction of sp³-hybridized carbons (Fsp3) is 0.370. The van der Waals surface area contributed by atoms with Gasteiger partial charge in [-0.2, -0.15) is 0 Å². The third-order valence-electron chi connectivity index (χ3n) is 6.07. The maximum absolute atomic E-state index is 13.5. The lowest BCUT2D eigenvalue weighted by atomic mass is 9.71. The van der Waals surface area contributed by atoms with Crippen LogP contribution in [0.4, 0.5) is 0 Å². The topological polar surface area (TPSA) is 92.7 Å². The van der Waals surface area contributed by atoms with Gasteiger partial charge in [-0.05, 0) is 36.3 Å². The number of nitrogens with one attached hydrogen (secondary N) is 1. The summed E-state index contributed by atoms with van der Waals surface area (Å²) in [5.41, 5.74) is 0.208. The van der Waals surface area contributed by atoms with Crippen LogP contribution in [0.2, 0.25) is 0 Å². The zero-order valence-electron chi connectivity index (χ0n) is 19.3. The number of rotatable bonds is 13. The molecule has 2 aromatic carbocycles. The van der Waals surface area contributed by atoms with Gasteiger partial charge in [0.25, 0.3) is 0 Å². The predicted molar refractivity (Wildman–Crippen MR) is 127 cm³/mol. The smallest absolute Gasteiger partial charge is 0.326 e. The zero-order chi connectivity index (χ0) is 24.3. The number of carboxylic acids is 1. The third kappa shape index (κ3) is 6.78. The van der Waals surface area contributed by atoms with E-state index in [1.807, 2.05) is 67.6 Å². The molecule has 0 spiro atoms. The van der Waals surface area contributed by atoms with Gasteiger partial charge in [-0.1, -0.05) is 87.0 Å². The van der Waals surface area contributed by atoms with Gasteiger partial charge in [0.2, 0.25) is 5.91 Å². The molecule has 6 nitrogen and oxygen atoms in total. The number of amides is 1. The summed E-state index contributed by atoms with van der Waals surface area (Å²) >= 11 is 0. The van der Waals surface area contributed by atoms with Gasteiger partial charge in [0, 0.05) is 0 Å². The number of carbonyl (C=O) groups excluding carboxylic acids is 2. The Morgan fingerprint density at radius 2 is 1.64 bits per heavy atom. The number of hydrogen-bond acceptors (Lipinski definition) is 4. The molecule has 6 heteroatoms. The highest BCUT2D eigenvalue weighted by Gasteiger charge is 2.51. The number of carbonyl (C=O) groups is 3. The second-order valence-electron chi connectivity index (χ2n) is 8.22. The Kier molecular flexibility index (Phi) is 9.85. The molecule has 0 fully saturated rings. The molecule has 0 aliphatic carbocycles. The molecule has 0 aliphatic heterocycles. The van der Waals surface area contributed by atoms with E-state index in [0.29, 0.717) is 12.8 Å². The summed E-state index contributed by atoms with van der Waals surface area (Å²) in [4.78, 5) is 38.7. The van der Waals surface area contributed by atoms with Crippen molar-refractivity contribution >= 4 is 17.8 Å². The number of esters is 1. The first-order valence-corrected chi connectivity index (χ1v) is 11.2. The Morgan fingerprint density at radius 1 is 1.06 bits per heavy atom. The molecule has 0 saturated heterocycles. The standard InChI is InChI=1S/C27H33NO5/c1-4-18-27(20(3)5-2,26(32)33-19-22-14-10-7-11-15-22)25(31)28-23(24(29)30)17-16-21-12-8-6-9-13-21/h4,6-15,20,23H,1,5,16-19H2,2-3H3,(H,28,31)(H,29,30)/t20-,23?,27-/m0/s1. The van der Waals surface area contributed by atoms with E-state index in [0.717, 1.165) is 11.1 Å². The van der Waals surface area contributed by atoms with Crippen molar-refractivity contribution in [1.82, 2.24) is 5.32 Å². The Hall–Kier alpha value is -3.41. The lowest BCUT2D eigenvalue weighted by molar-refractivity contribution is -0.167. The van der Waals surface area contributed by atoms with Crippen LogP contribution in [0, 0.1) is 11.3 Å². The molecule has 176 valence electrons. The first-order chi connectivity index (χ1) is 15.8. The van der Waals surface area contributed by atoms with Gasteiger partial charge in [0.15, 0.2) is 5.41 Å². The van der Waals surface area contributed by atoms with Crippen molar-refractivity contribution in [1.29, 1.82) is 0 Å². The first kappa shape index (κ1) is 25.8. The number of aliphatic carboxylic acids is 1. The van der Waals surface area contributed by atoms with E-state index in [1.54, 1.807) is 6.92 Å². The summed E-state index contributed by atoms with van der Waals surface area (Å²) in [6, 6.07) is 17.5. The summed E-state index contributed by atoms with van der Waals surface area (Å²) in [6.45, 7) is 7.44. The van der Waals surface area contributed by atoms with Crippen LogP contribution < -0.4 is 5.32 Å². The van der Waals surface area contributed by atoms with Crippen molar-refractivity contribution in [2.45, 2.75) is 52.2 Å². The second kappa shape index (κ2) is 12.6. The summed E-state index contributed by atoms with van der Waals surface area (Å²) in [6.07, 6.45) is 2.77. The minimum Gasteiger partial charge on any atom is -0.480 e. The molecule has 2 aromatic rings. The Morgan fingerprint density at radius 3 is 2.15 bits per heavy atom. The molecular weight excluding hydrogens is 418 g/mol. The molecule has 33 heavy (non-hydrogen) atoms. The molecule has 0 bridgehead atoms. The van der Waals surface area contributed by atoms with Crippen molar-refractivity contribution in [2.24, 2.45) is 11.3 Å². The van der Waals surface area contributed by atoms with Crippen LogP contribution in [0.3, 0.4) is 0 Å². The Balaban J connectivity index is 2.23. The van der Waals surface area contributed by atoms with Gasteiger partial charge in [0.1, 0.15) is 12.6 Å². The number of hydrogen-bond donors (Lipinski definition) is 2. The number of allylic oxidation sites excluding steroid dienone is 1. The van der Waals surface area contributed by atoms with Crippen LogP contribution in [-0.4, -0.2) is 29.0 Å². The summed E-state index contributed by atoms with van der Waals surface area (Å²) < 4.78 is 5.57. The molecule has 3 atom stereocenters. The lowest BCUT2D eigenvalue weighted by Gasteiger charge is -2.35. The molecular formula is C27H33NO5. The molecule has 0 saturated carbocycles. The summed E-state index contributed by atoms with van der Waals surface area (Å²) in [7, 11) is 0. The van der Waals surface area contributed by atoms with Crippen molar-refractivity contribution in [3.05, 3.63) is 84.4 Å². The van der Waals surface area contributed by atoms with Crippen molar-refractivity contribution in [2.75, 3.05) is 0 Å². The number of benzene rings is 2. The van der Waals surface area contributed by atoms with E-state index in [4.69, 9.17) is 4.74 Å².